The fourth-order valence-corrected chi connectivity index (χ4v) is 5.03. The molecule has 19 heavy (non-hydrogen) atoms. The minimum Gasteiger partial charge on any atom is -0.396 e. The van der Waals surface area contributed by atoms with Crippen LogP contribution in [0.25, 0.3) is 0 Å². The third-order valence-electron chi connectivity index (χ3n) is 4.07. The highest BCUT2D eigenvalue weighted by Crippen LogP contribution is 2.62. The van der Waals surface area contributed by atoms with Crippen LogP contribution in [0.1, 0.15) is 18.4 Å². The summed E-state index contributed by atoms with van der Waals surface area (Å²) in [7, 11) is -3.30. The van der Waals surface area contributed by atoms with E-state index in [1.54, 1.807) is 19.1 Å². The lowest BCUT2D eigenvalue weighted by molar-refractivity contribution is 0.212. The molecule has 6 heteroatoms. The van der Waals surface area contributed by atoms with E-state index in [9.17, 15) is 17.9 Å². The number of benzene rings is 1. The summed E-state index contributed by atoms with van der Waals surface area (Å²) in [5, 5.41) is 8.88. The van der Waals surface area contributed by atoms with Crippen molar-refractivity contribution < 1.29 is 17.9 Å². The Hall–Kier alpha value is -0.980. The molecular weight excluding hydrogens is 269 g/mol. The van der Waals surface area contributed by atoms with E-state index in [1.165, 1.54) is 12.1 Å². The van der Waals surface area contributed by atoms with Gasteiger partial charge in [-0.05, 0) is 17.7 Å². The van der Waals surface area contributed by atoms with Crippen molar-refractivity contribution in [2.75, 3.05) is 18.9 Å². The van der Waals surface area contributed by atoms with E-state index in [-0.39, 0.29) is 30.6 Å². The van der Waals surface area contributed by atoms with Gasteiger partial charge in [-0.3, -0.25) is 0 Å². The molecule has 4 nitrogen and oxygen atoms in total. The van der Waals surface area contributed by atoms with Crippen LogP contribution >= 0.6 is 0 Å². The van der Waals surface area contributed by atoms with E-state index in [4.69, 9.17) is 5.73 Å². The number of rotatable bonds is 5. The molecule has 3 atom stereocenters. The SMILES string of the molecule is CCS(=O)(=O)[C@@H]1[C@H](c2ccc(F)cc2)[C@]1(CN)CO. The number of nitrogens with two attached hydrogens (primary N) is 1. The molecule has 0 heterocycles. The molecule has 0 bridgehead atoms. The quantitative estimate of drug-likeness (QED) is 0.834. The van der Waals surface area contributed by atoms with E-state index in [0.29, 0.717) is 5.56 Å². The van der Waals surface area contributed by atoms with Crippen molar-refractivity contribution in [1.29, 1.82) is 0 Å². The topological polar surface area (TPSA) is 80.4 Å². The van der Waals surface area contributed by atoms with Crippen molar-refractivity contribution in [3.8, 4) is 0 Å². The second kappa shape index (κ2) is 4.85. The summed E-state index contributed by atoms with van der Waals surface area (Å²) in [6.45, 7) is 1.39. The molecule has 1 aliphatic rings. The van der Waals surface area contributed by atoms with Gasteiger partial charge in [0.1, 0.15) is 5.82 Å². The summed E-state index contributed by atoms with van der Waals surface area (Å²) < 4.78 is 37.1. The molecule has 0 aliphatic heterocycles. The summed E-state index contributed by atoms with van der Waals surface area (Å²) in [6, 6.07) is 5.71. The molecule has 1 fully saturated rings. The Bertz CT molecular complexity index is 552. The van der Waals surface area contributed by atoms with Gasteiger partial charge in [0, 0.05) is 23.6 Å². The maximum absolute atomic E-state index is 12.9. The summed E-state index contributed by atoms with van der Waals surface area (Å²) >= 11 is 0. The number of halogens is 1. The summed E-state index contributed by atoms with van der Waals surface area (Å²) in [4.78, 5) is 0. The van der Waals surface area contributed by atoms with Gasteiger partial charge in [-0.2, -0.15) is 0 Å². The summed E-state index contributed by atoms with van der Waals surface area (Å²) in [5.41, 5.74) is 5.56. The summed E-state index contributed by atoms with van der Waals surface area (Å²) in [6.07, 6.45) is 0. The molecule has 0 spiro atoms. The molecule has 106 valence electrons. The van der Waals surface area contributed by atoms with Crippen LogP contribution in [0, 0.1) is 11.2 Å². The Morgan fingerprint density at radius 3 is 2.37 bits per heavy atom. The molecule has 2 rings (SSSR count). The maximum atomic E-state index is 12.9. The van der Waals surface area contributed by atoms with Crippen molar-refractivity contribution in [3.63, 3.8) is 0 Å². The van der Waals surface area contributed by atoms with Crippen LogP contribution in [0.4, 0.5) is 4.39 Å². The van der Waals surface area contributed by atoms with Crippen LogP contribution in [0.15, 0.2) is 24.3 Å². The first-order valence-corrected chi connectivity index (χ1v) is 7.92. The van der Waals surface area contributed by atoms with E-state index >= 15 is 0 Å². The monoisotopic (exact) mass is 287 g/mol. The Labute approximate surface area is 112 Å². The second-order valence-electron chi connectivity index (χ2n) is 5.00. The van der Waals surface area contributed by atoms with Gasteiger partial charge in [-0.15, -0.1) is 0 Å². The number of aliphatic hydroxyl groups excluding tert-OH is 1. The highest BCUT2D eigenvalue weighted by molar-refractivity contribution is 7.92. The average molecular weight is 287 g/mol. The van der Waals surface area contributed by atoms with Gasteiger partial charge in [0.2, 0.25) is 0 Å². The predicted molar refractivity (Wildman–Crippen MR) is 71.0 cm³/mol. The number of hydrogen-bond acceptors (Lipinski definition) is 4. The molecule has 3 N–H and O–H groups in total. The molecule has 0 aromatic heterocycles. The minimum atomic E-state index is -3.30. The molecule has 1 aromatic carbocycles. The van der Waals surface area contributed by atoms with E-state index < -0.39 is 20.5 Å². The molecular formula is C13H18FNO3S. The fraction of sp³-hybridized carbons (Fsp3) is 0.538. The van der Waals surface area contributed by atoms with Crippen LogP contribution in [-0.2, 0) is 9.84 Å². The first kappa shape index (κ1) is 14.4. The number of hydrogen-bond donors (Lipinski definition) is 2. The Morgan fingerprint density at radius 2 is 1.95 bits per heavy atom. The molecule has 1 aliphatic carbocycles. The third-order valence-corrected chi connectivity index (χ3v) is 6.39. The fourth-order valence-electron chi connectivity index (χ4n) is 2.87. The molecule has 1 aromatic rings. The highest BCUT2D eigenvalue weighted by Gasteiger charge is 2.69. The van der Waals surface area contributed by atoms with Gasteiger partial charge in [-0.1, -0.05) is 19.1 Å². The maximum Gasteiger partial charge on any atom is 0.154 e. The second-order valence-corrected chi connectivity index (χ2v) is 7.41. The molecule has 0 unspecified atom stereocenters. The normalized spacial score (nSPS) is 30.3. The molecule has 1 saturated carbocycles. The first-order valence-electron chi connectivity index (χ1n) is 6.21. The van der Waals surface area contributed by atoms with Crippen molar-refractivity contribution in [2.24, 2.45) is 11.1 Å². The van der Waals surface area contributed by atoms with E-state index in [0.717, 1.165) is 0 Å². The Balaban J connectivity index is 2.42. The van der Waals surface area contributed by atoms with Crippen molar-refractivity contribution in [1.82, 2.24) is 0 Å². The average Bonchev–Trinajstić information content (AvgIpc) is 3.10. The molecule has 0 amide bonds. The number of aliphatic hydroxyl groups is 1. The van der Waals surface area contributed by atoms with Gasteiger partial charge >= 0.3 is 0 Å². The first-order chi connectivity index (χ1) is 8.93. The third kappa shape index (κ3) is 2.17. The van der Waals surface area contributed by atoms with Crippen LogP contribution < -0.4 is 5.73 Å². The zero-order chi connectivity index (χ0) is 14.3. The van der Waals surface area contributed by atoms with E-state index in [1.807, 2.05) is 0 Å². The smallest absolute Gasteiger partial charge is 0.154 e. The van der Waals surface area contributed by atoms with Crippen molar-refractivity contribution in [2.45, 2.75) is 18.1 Å². The van der Waals surface area contributed by atoms with Crippen LogP contribution in [0.5, 0.6) is 0 Å². The zero-order valence-corrected chi connectivity index (χ0v) is 11.5. The minimum absolute atomic E-state index is 0.0110. The Morgan fingerprint density at radius 1 is 1.37 bits per heavy atom. The lowest BCUT2D eigenvalue weighted by Crippen LogP contribution is -2.28. The lowest BCUT2D eigenvalue weighted by Gasteiger charge is -2.11. The lowest BCUT2D eigenvalue weighted by atomic mass is 10.0. The van der Waals surface area contributed by atoms with E-state index in [2.05, 4.69) is 0 Å². The van der Waals surface area contributed by atoms with Crippen molar-refractivity contribution in [3.05, 3.63) is 35.6 Å². The largest absolute Gasteiger partial charge is 0.396 e. The van der Waals surface area contributed by atoms with Crippen molar-refractivity contribution >= 4 is 9.84 Å². The predicted octanol–water partition coefficient (Wildman–Crippen LogP) is 0.664. The van der Waals surface area contributed by atoms with Crippen LogP contribution in [0.3, 0.4) is 0 Å². The van der Waals surface area contributed by atoms with Crippen LogP contribution in [-0.4, -0.2) is 37.7 Å². The van der Waals surface area contributed by atoms with Gasteiger partial charge in [0.05, 0.1) is 11.9 Å². The summed E-state index contributed by atoms with van der Waals surface area (Å²) in [5.74, 6) is -0.716. The van der Waals surface area contributed by atoms with Gasteiger partial charge in [-0.25, -0.2) is 12.8 Å². The van der Waals surface area contributed by atoms with Gasteiger partial charge in [0.25, 0.3) is 0 Å². The highest BCUT2D eigenvalue weighted by atomic mass is 32.2. The standard InChI is InChI=1S/C13H18FNO3S/c1-2-19(17,18)12-11(13(12,7-15)8-16)9-3-5-10(14)6-4-9/h3-6,11-12,16H,2,7-8,15H2,1H3/t11-,12+,13-/m0/s1. The van der Waals surface area contributed by atoms with Gasteiger partial charge in [0.15, 0.2) is 9.84 Å². The number of sulfone groups is 1. The molecule has 0 saturated heterocycles. The molecule has 0 radical (unpaired) electrons. The zero-order valence-electron chi connectivity index (χ0n) is 10.7. The Kier molecular flexibility index (Phi) is 3.68. The van der Waals surface area contributed by atoms with Crippen LogP contribution in [0.2, 0.25) is 0 Å². The van der Waals surface area contributed by atoms with Gasteiger partial charge < -0.3 is 10.8 Å².